The molecule has 0 radical (unpaired) electrons. The highest BCUT2D eigenvalue weighted by Gasteiger charge is 2.18. The van der Waals surface area contributed by atoms with Gasteiger partial charge in [0.05, 0.1) is 17.8 Å². The van der Waals surface area contributed by atoms with Gasteiger partial charge in [-0.15, -0.1) is 0 Å². The van der Waals surface area contributed by atoms with E-state index in [9.17, 15) is 14.0 Å². The summed E-state index contributed by atoms with van der Waals surface area (Å²) in [5.74, 6) is 0.144. The van der Waals surface area contributed by atoms with E-state index < -0.39 is 5.76 Å². The van der Waals surface area contributed by atoms with E-state index in [1.807, 2.05) is 55.5 Å². The molecule has 192 valence electrons. The number of aryl methyl sites for hydroxylation is 2. The molecule has 8 heteroatoms. The van der Waals surface area contributed by atoms with Gasteiger partial charge in [-0.25, -0.2) is 14.2 Å². The van der Waals surface area contributed by atoms with Crippen LogP contribution in [0.15, 0.2) is 86.9 Å². The van der Waals surface area contributed by atoms with Crippen LogP contribution < -0.4 is 11.3 Å². The van der Waals surface area contributed by atoms with Crippen molar-refractivity contribution in [1.82, 2.24) is 19.7 Å². The first-order valence-corrected chi connectivity index (χ1v) is 12.6. The molecular weight excluding hydrogens is 483 g/mol. The minimum absolute atomic E-state index is 0.128. The molecule has 5 rings (SSSR count). The standard InChI is InChI=1S/C30H27FN4O3/c1-3-7-26-32-25(4-2)27(21-14-16-22(31)17-15-21)29(36)35(26)18-19-10-12-20(13-11-19)23-8-5-6-9-24(23)28-33-30(37)38-34-28/h5-6,8-17H,3-4,7,18H2,1-2H3,(H,33,34,37). The Kier molecular flexibility index (Phi) is 7.13. The summed E-state index contributed by atoms with van der Waals surface area (Å²) in [7, 11) is 0. The number of hydrogen-bond donors (Lipinski definition) is 1. The Morgan fingerprint density at radius 3 is 2.21 bits per heavy atom. The van der Waals surface area contributed by atoms with Gasteiger partial charge in [0.2, 0.25) is 0 Å². The van der Waals surface area contributed by atoms with E-state index in [0.717, 1.165) is 40.2 Å². The molecule has 0 amide bonds. The van der Waals surface area contributed by atoms with Crippen molar-refractivity contribution in [2.24, 2.45) is 0 Å². The van der Waals surface area contributed by atoms with Gasteiger partial charge in [0.15, 0.2) is 5.82 Å². The number of hydrogen-bond acceptors (Lipinski definition) is 5. The molecule has 0 bridgehead atoms. The fraction of sp³-hybridized carbons (Fsp3) is 0.200. The maximum absolute atomic E-state index is 13.8. The van der Waals surface area contributed by atoms with Gasteiger partial charge >= 0.3 is 5.76 Å². The molecule has 2 heterocycles. The summed E-state index contributed by atoms with van der Waals surface area (Å²) in [6.07, 6.45) is 2.13. The Bertz CT molecular complexity index is 1680. The van der Waals surface area contributed by atoms with Crippen LogP contribution in [0.5, 0.6) is 0 Å². The van der Waals surface area contributed by atoms with Gasteiger partial charge in [0.1, 0.15) is 11.6 Å². The Morgan fingerprint density at radius 2 is 1.58 bits per heavy atom. The average molecular weight is 511 g/mol. The molecule has 0 fully saturated rings. The van der Waals surface area contributed by atoms with E-state index in [0.29, 0.717) is 36.3 Å². The quantitative estimate of drug-likeness (QED) is 0.292. The van der Waals surface area contributed by atoms with Gasteiger partial charge in [0.25, 0.3) is 5.56 Å². The largest absolute Gasteiger partial charge is 0.439 e. The van der Waals surface area contributed by atoms with Crippen molar-refractivity contribution in [3.63, 3.8) is 0 Å². The van der Waals surface area contributed by atoms with Crippen molar-refractivity contribution >= 4 is 0 Å². The smallest absolute Gasteiger partial charge is 0.296 e. The van der Waals surface area contributed by atoms with E-state index in [-0.39, 0.29) is 11.4 Å². The van der Waals surface area contributed by atoms with Crippen molar-refractivity contribution in [3.8, 4) is 33.6 Å². The number of halogens is 1. The minimum atomic E-state index is -0.610. The fourth-order valence-electron chi connectivity index (χ4n) is 4.65. The number of aromatic nitrogens is 4. The van der Waals surface area contributed by atoms with Crippen molar-refractivity contribution < 1.29 is 8.91 Å². The molecule has 3 aromatic carbocycles. The van der Waals surface area contributed by atoms with Crippen LogP contribution in [0.25, 0.3) is 33.6 Å². The van der Waals surface area contributed by atoms with E-state index >= 15 is 0 Å². The first kappa shape index (κ1) is 25.1. The minimum Gasteiger partial charge on any atom is -0.296 e. The van der Waals surface area contributed by atoms with Gasteiger partial charge < -0.3 is 0 Å². The third kappa shape index (κ3) is 4.98. The van der Waals surface area contributed by atoms with Crippen molar-refractivity contribution in [2.75, 3.05) is 0 Å². The van der Waals surface area contributed by atoms with E-state index in [1.165, 1.54) is 12.1 Å². The summed E-state index contributed by atoms with van der Waals surface area (Å²) < 4.78 is 20.0. The number of benzene rings is 3. The fourth-order valence-corrected chi connectivity index (χ4v) is 4.65. The molecule has 0 saturated carbocycles. The molecule has 5 aromatic rings. The number of H-pyrrole nitrogens is 1. The van der Waals surface area contributed by atoms with Crippen LogP contribution >= 0.6 is 0 Å². The van der Waals surface area contributed by atoms with Crippen LogP contribution in [0, 0.1) is 5.82 Å². The van der Waals surface area contributed by atoms with Crippen molar-refractivity contribution in [3.05, 3.63) is 117 Å². The lowest BCUT2D eigenvalue weighted by molar-refractivity contribution is 0.388. The predicted molar refractivity (Wildman–Crippen MR) is 144 cm³/mol. The van der Waals surface area contributed by atoms with Crippen LogP contribution in [0.4, 0.5) is 4.39 Å². The molecule has 0 saturated heterocycles. The average Bonchev–Trinajstić information content (AvgIpc) is 3.37. The van der Waals surface area contributed by atoms with E-state index in [4.69, 9.17) is 4.98 Å². The lowest BCUT2D eigenvalue weighted by Crippen LogP contribution is -2.29. The Morgan fingerprint density at radius 1 is 0.895 bits per heavy atom. The third-order valence-electron chi connectivity index (χ3n) is 6.49. The zero-order valence-corrected chi connectivity index (χ0v) is 21.2. The van der Waals surface area contributed by atoms with E-state index in [2.05, 4.69) is 21.6 Å². The number of rotatable bonds is 8. The van der Waals surface area contributed by atoms with Gasteiger partial charge in [-0.3, -0.25) is 18.9 Å². The summed E-state index contributed by atoms with van der Waals surface area (Å²) >= 11 is 0. The van der Waals surface area contributed by atoms with Crippen LogP contribution in [-0.4, -0.2) is 19.7 Å². The Labute approximate surface area is 218 Å². The highest BCUT2D eigenvalue weighted by Crippen LogP contribution is 2.30. The topological polar surface area (TPSA) is 93.8 Å². The van der Waals surface area contributed by atoms with Gasteiger partial charge in [-0.05, 0) is 47.2 Å². The van der Waals surface area contributed by atoms with Gasteiger partial charge in [-0.1, -0.05) is 79.7 Å². The molecule has 1 N–H and O–H groups in total. The number of nitrogens with one attached hydrogen (secondary N) is 1. The second-order valence-corrected chi connectivity index (χ2v) is 9.04. The first-order valence-electron chi connectivity index (χ1n) is 12.6. The Hall–Kier alpha value is -4.59. The molecule has 7 nitrogen and oxygen atoms in total. The van der Waals surface area contributed by atoms with E-state index in [1.54, 1.807) is 16.7 Å². The second-order valence-electron chi connectivity index (χ2n) is 9.04. The molecule has 0 aliphatic heterocycles. The summed E-state index contributed by atoms with van der Waals surface area (Å²) in [4.78, 5) is 32.8. The lowest BCUT2D eigenvalue weighted by Gasteiger charge is -2.17. The zero-order chi connectivity index (χ0) is 26.6. The summed E-state index contributed by atoms with van der Waals surface area (Å²) in [6.45, 7) is 4.39. The normalized spacial score (nSPS) is 11.1. The van der Waals surface area contributed by atoms with Crippen LogP contribution in [0.2, 0.25) is 0 Å². The summed E-state index contributed by atoms with van der Waals surface area (Å²) in [5, 5.41) is 3.83. The van der Waals surface area contributed by atoms with Gasteiger partial charge in [0, 0.05) is 12.0 Å². The van der Waals surface area contributed by atoms with Crippen LogP contribution in [0.1, 0.15) is 37.4 Å². The first-order chi connectivity index (χ1) is 18.5. The molecule has 2 aromatic heterocycles. The molecule has 0 aliphatic rings. The second kappa shape index (κ2) is 10.8. The Balaban J connectivity index is 1.53. The predicted octanol–water partition coefficient (Wildman–Crippen LogP) is 5.62. The van der Waals surface area contributed by atoms with Crippen LogP contribution in [-0.2, 0) is 19.4 Å². The molecule has 0 aliphatic carbocycles. The highest BCUT2D eigenvalue weighted by molar-refractivity contribution is 5.80. The lowest BCUT2D eigenvalue weighted by atomic mass is 9.98. The molecule has 0 atom stereocenters. The number of nitrogens with zero attached hydrogens (tertiary/aromatic N) is 3. The van der Waals surface area contributed by atoms with Crippen molar-refractivity contribution in [2.45, 2.75) is 39.7 Å². The monoisotopic (exact) mass is 510 g/mol. The van der Waals surface area contributed by atoms with Gasteiger partial charge in [-0.2, -0.15) is 0 Å². The summed E-state index contributed by atoms with van der Waals surface area (Å²) in [5.41, 5.74) is 5.28. The van der Waals surface area contributed by atoms with Crippen LogP contribution in [0.3, 0.4) is 0 Å². The number of aromatic amines is 1. The zero-order valence-electron chi connectivity index (χ0n) is 21.2. The third-order valence-corrected chi connectivity index (χ3v) is 6.49. The maximum Gasteiger partial charge on any atom is 0.439 e. The molecule has 38 heavy (non-hydrogen) atoms. The summed E-state index contributed by atoms with van der Waals surface area (Å²) in [6, 6.07) is 21.5. The maximum atomic E-state index is 13.8. The molecule has 0 unspecified atom stereocenters. The molecular formula is C30H27FN4O3. The van der Waals surface area contributed by atoms with Crippen molar-refractivity contribution in [1.29, 1.82) is 0 Å². The highest BCUT2D eigenvalue weighted by atomic mass is 19.1. The SMILES string of the molecule is CCCc1nc(CC)c(-c2ccc(F)cc2)c(=O)n1Cc1ccc(-c2ccccc2-c2noc(=O)[nH]2)cc1. The molecule has 0 spiro atoms.